The maximum atomic E-state index is 12.8. The molecule has 2 heterocycles. The molecule has 0 aliphatic carbocycles. The van der Waals surface area contributed by atoms with E-state index in [4.69, 9.17) is 11.6 Å². The fraction of sp³-hybridized carbons (Fsp3) is 0.0588. The van der Waals surface area contributed by atoms with Crippen LogP contribution in [0.25, 0.3) is 0 Å². The number of amides is 1. The molecule has 0 saturated carbocycles. The van der Waals surface area contributed by atoms with Crippen LogP contribution in [-0.4, -0.2) is 20.5 Å². The SMILES string of the molecule is Cc1c(S(=O)(=O)c2ccc(Cl)cc2)csc1C(=O)N/N=C/c1cccs1. The quantitative estimate of drug-likeness (QED) is 0.488. The summed E-state index contributed by atoms with van der Waals surface area (Å²) in [6, 6.07) is 9.67. The van der Waals surface area contributed by atoms with Gasteiger partial charge in [0, 0.05) is 15.3 Å². The van der Waals surface area contributed by atoms with Crippen LogP contribution in [0.2, 0.25) is 5.02 Å². The third-order valence-electron chi connectivity index (χ3n) is 3.51. The molecular weight excluding hydrogens is 412 g/mol. The van der Waals surface area contributed by atoms with Gasteiger partial charge in [0.15, 0.2) is 0 Å². The first-order chi connectivity index (χ1) is 12.4. The Kier molecular flexibility index (Phi) is 5.57. The van der Waals surface area contributed by atoms with Gasteiger partial charge in [-0.05, 0) is 48.2 Å². The molecule has 0 aliphatic heterocycles. The average molecular weight is 425 g/mol. The molecule has 1 aromatic carbocycles. The van der Waals surface area contributed by atoms with E-state index in [0.717, 1.165) is 16.2 Å². The highest BCUT2D eigenvalue weighted by molar-refractivity contribution is 7.91. The van der Waals surface area contributed by atoms with E-state index in [1.807, 2.05) is 17.5 Å². The molecule has 0 fully saturated rings. The van der Waals surface area contributed by atoms with Gasteiger partial charge in [-0.3, -0.25) is 4.79 Å². The lowest BCUT2D eigenvalue weighted by atomic mass is 10.3. The van der Waals surface area contributed by atoms with E-state index in [2.05, 4.69) is 10.5 Å². The second kappa shape index (κ2) is 7.71. The van der Waals surface area contributed by atoms with E-state index in [0.29, 0.717) is 15.5 Å². The van der Waals surface area contributed by atoms with Crippen molar-refractivity contribution in [2.45, 2.75) is 16.7 Å². The van der Waals surface area contributed by atoms with Gasteiger partial charge in [-0.1, -0.05) is 17.7 Å². The summed E-state index contributed by atoms with van der Waals surface area (Å²) in [6.45, 7) is 1.61. The molecule has 26 heavy (non-hydrogen) atoms. The lowest BCUT2D eigenvalue weighted by molar-refractivity contribution is 0.0958. The minimum atomic E-state index is -3.72. The summed E-state index contributed by atoms with van der Waals surface area (Å²) in [5.41, 5.74) is 2.82. The molecule has 0 aliphatic rings. The van der Waals surface area contributed by atoms with Crippen LogP contribution < -0.4 is 5.43 Å². The van der Waals surface area contributed by atoms with Gasteiger partial charge in [-0.25, -0.2) is 13.8 Å². The number of benzene rings is 1. The topological polar surface area (TPSA) is 75.6 Å². The van der Waals surface area contributed by atoms with Crippen LogP contribution in [-0.2, 0) is 9.84 Å². The molecule has 5 nitrogen and oxygen atoms in total. The standard InChI is InChI=1S/C17H13ClN2O3S3/c1-11-15(26(22,23)14-6-4-12(18)5-7-14)10-25-16(11)17(21)20-19-9-13-3-2-8-24-13/h2-10H,1H3,(H,20,21)/b19-9+. The number of hydrogen-bond donors (Lipinski definition) is 1. The van der Waals surface area contributed by atoms with Crippen molar-refractivity contribution in [3.05, 3.63) is 67.5 Å². The normalized spacial score (nSPS) is 11.8. The largest absolute Gasteiger partial charge is 0.281 e. The Hall–Kier alpha value is -2.00. The number of hydrogen-bond acceptors (Lipinski definition) is 6. The highest BCUT2D eigenvalue weighted by Gasteiger charge is 2.25. The Morgan fingerprint density at radius 3 is 2.58 bits per heavy atom. The van der Waals surface area contributed by atoms with Crippen molar-refractivity contribution >= 4 is 56.2 Å². The first-order valence-corrected chi connectivity index (χ1v) is 11.0. The van der Waals surface area contributed by atoms with Crippen LogP contribution >= 0.6 is 34.3 Å². The molecule has 3 rings (SSSR count). The average Bonchev–Trinajstić information content (AvgIpc) is 3.25. The number of hydrazone groups is 1. The van der Waals surface area contributed by atoms with Crippen molar-refractivity contribution in [2.75, 3.05) is 0 Å². The Morgan fingerprint density at radius 1 is 1.19 bits per heavy atom. The molecule has 0 unspecified atom stereocenters. The van der Waals surface area contributed by atoms with Gasteiger partial charge in [0.05, 0.1) is 20.9 Å². The minimum Gasteiger partial charge on any atom is -0.266 e. The van der Waals surface area contributed by atoms with Crippen LogP contribution in [0.15, 0.2) is 62.1 Å². The van der Waals surface area contributed by atoms with Crippen molar-refractivity contribution in [2.24, 2.45) is 5.10 Å². The van der Waals surface area contributed by atoms with Gasteiger partial charge < -0.3 is 0 Å². The van der Waals surface area contributed by atoms with Crippen molar-refractivity contribution in [3.8, 4) is 0 Å². The lowest BCUT2D eigenvalue weighted by Gasteiger charge is -2.05. The Labute approximate surface area is 163 Å². The lowest BCUT2D eigenvalue weighted by Crippen LogP contribution is -2.17. The molecule has 1 N–H and O–H groups in total. The summed E-state index contributed by atoms with van der Waals surface area (Å²) in [5.74, 6) is -0.446. The summed E-state index contributed by atoms with van der Waals surface area (Å²) in [4.78, 5) is 13.7. The van der Waals surface area contributed by atoms with Crippen molar-refractivity contribution in [1.82, 2.24) is 5.43 Å². The fourth-order valence-electron chi connectivity index (χ4n) is 2.20. The van der Waals surface area contributed by atoms with Crippen LogP contribution in [0, 0.1) is 6.92 Å². The van der Waals surface area contributed by atoms with Crippen molar-refractivity contribution in [3.63, 3.8) is 0 Å². The maximum absolute atomic E-state index is 12.8. The number of carbonyl (C=O) groups excluding carboxylic acids is 1. The van der Waals surface area contributed by atoms with Gasteiger partial charge in [0.2, 0.25) is 9.84 Å². The van der Waals surface area contributed by atoms with E-state index < -0.39 is 15.7 Å². The first-order valence-electron chi connectivity index (χ1n) is 7.35. The first kappa shape index (κ1) is 18.8. The van der Waals surface area contributed by atoms with Gasteiger partial charge in [0.1, 0.15) is 0 Å². The third-order valence-corrected chi connectivity index (χ3v) is 7.70. The molecule has 0 atom stereocenters. The second-order valence-corrected chi connectivity index (χ2v) is 9.44. The van der Waals surface area contributed by atoms with E-state index >= 15 is 0 Å². The Balaban J connectivity index is 1.83. The zero-order chi connectivity index (χ0) is 18.7. The summed E-state index contributed by atoms with van der Waals surface area (Å²) < 4.78 is 25.5. The number of rotatable bonds is 5. The molecule has 0 radical (unpaired) electrons. The fourth-order valence-corrected chi connectivity index (χ4v) is 5.72. The van der Waals surface area contributed by atoms with E-state index in [9.17, 15) is 13.2 Å². The number of thiophene rings is 2. The van der Waals surface area contributed by atoms with Gasteiger partial charge >= 0.3 is 0 Å². The third kappa shape index (κ3) is 3.88. The maximum Gasteiger partial charge on any atom is 0.281 e. The Bertz CT molecular complexity index is 1050. The van der Waals surface area contributed by atoms with E-state index in [1.54, 1.807) is 6.92 Å². The molecule has 0 spiro atoms. The predicted octanol–water partition coefficient (Wildman–Crippen LogP) is 4.37. The van der Waals surface area contributed by atoms with E-state index in [1.165, 1.54) is 47.2 Å². The van der Waals surface area contributed by atoms with Crippen molar-refractivity contribution < 1.29 is 13.2 Å². The number of sulfone groups is 1. The minimum absolute atomic E-state index is 0.109. The summed E-state index contributed by atoms with van der Waals surface area (Å²) in [5, 5.41) is 7.73. The molecule has 2 aromatic heterocycles. The smallest absolute Gasteiger partial charge is 0.266 e. The zero-order valence-electron chi connectivity index (χ0n) is 13.5. The van der Waals surface area contributed by atoms with Gasteiger partial charge in [-0.15, -0.1) is 22.7 Å². The van der Waals surface area contributed by atoms with E-state index in [-0.39, 0.29) is 9.79 Å². The number of nitrogens with one attached hydrogen (secondary N) is 1. The zero-order valence-corrected chi connectivity index (χ0v) is 16.7. The summed E-state index contributed by atoms with van der Waals surface area (Å²) >= 11 is 8.37. The van der Waals surface area contributed by atoms with Crippen LogP contribution in [0.5, 0.6) is 0 Å². The summed E-state index contributed by atoms with van der Waals surface area (Å²) in [6.07, 6.45) is 1.54. The molecule has 0 bridgehead atoms. The summed E-state index contributed by atoms with van der Waals surface area (Å²) in [7, 11) is -3.72. The van der Waals surface area contributed by atoms with Gasteiger partial charge in [-0.2, -0.15) is 5.10 Å². The molecule has 0 saturated heterocycles. The second-order valence-electron chi connectivity index (χ2n) is 5.23. The molecule has 134 valence electrons. The highest BCUT2D eigenvalue weighted by Crippen LogP contribution is 2.31. The van der Waals surface area contributed by atoms with Crippen LogP contribution in [0.3, 0.4) is 0 Å². The van der Waals surface area contributed by atoms with Gasteiger partial charge in [0.25, 0.3) is 5.91 Å². The number of halogens is 1. The van der Waals surface area contributed by atoms with Crippen molar-refractivity contribution in [1.29, 1.82) is 0 Å². The molecular formula is C17H13ClN2O3S3. The Morgan fingerprint density at radius 2 is 1.92 bits per heavy atom. The highest BCUT2D eigenvalue weighted by atomic mass is 35.5. The molecule has 3 aromatic rings. The molecule has 9 heteroatoms. The predicted molar refractivity (Wildman–Crippen MR) is 105 cm³/mol. The number of carbonyl (C=O) groups is 1. The van der Waals surface area contributed by atoms with Crippen LogP contribution in [0.1, 0.15) is 20.1 Å². The van der Waals surface area contributed by atoms with Crippen LogP contribution in [0.4, 0.5) is 0 Å². The molecule has 1 amide bonds. The monoisotopic (exact) mass is 424 g/mol. The number of nitrogens with zero attached hydrogens (tertiary/aromatic N) is 1.